The van der Waals surface area contributed by atoms with Crippen LogP contribution in [0.1, 0.15) is 20.8 Å². The van der Waals surface area contributed by atoms with Crippen LogP contribution in [0.4, 0.5) is 0 Å². The summed E-state index contributed by atoms with van der Waals surface area (Å²) < 4.78 is 0. The second-order valence-electron chi connectivity index (χ2n) is 4.24. The largest absolute Gasteiger partial charge is 0.347 e. The minimum Gasteiger partial charge on any atom is -0.347 e. The van der Waals surface area contributed by atoms with Crippen molar-refractivity contribution in [1.82, 2.24) is 9.80 Å². The maximum absolute atomic E-state index is 11.6. The summed E-state index contributed by atoms with van der Waals surface area (Å²) in [5, 5.41) is 0. The van der Waals surface area contributed by atoms with E-state index in [1.807, 2.05) is 14.0 Å². The van der Waals surface area contributed by atoms with Crippen LogP contribution in [-0.4, -0.2) is 49.4 Å². The Morgan fingerprint density at radius 2 is 1.62 bits per heavy atom. The molecule has 3 nitrogen and oxygen atoms in total. The number of carbonyl (C=O) groups is 1. The molecule has 0 saturated carbocycles. The van der Waals surface area contributed by atoms with Gasteiger partial charge in [0.05, 0.1) is 6.04 Å². The molecule has 0 spiro atoms. The van der Waals surface area contributed by atoms with Crippen molar-refractivity contribution >= 4 is 5.91 Å². The Bertz CT molecular complexity index is 166. The molecule has 13 heavy (non-hydrogen) atoms. The van der Waals surface area contributed by atoms with Gasteiger partial charge < -0.3 is 4.90 Å². The molecule has 0 aliphatic heterocycles. The van der Waals surface area contributed by atoms with E-state index in [0.717, 1.165) is 6.54 Å². The third kappa shape index (κ3) is 4.27. The molecule has 1 unspecified atom stereocenters. The van der Waals surface area contributed by atoms with Crippen LogP contribution in [-0.2, 0) is 4.79 Å². The monoisotopic (exact) mass is 186 g/mol. The third-order valence-corrected chi connectivity index (χ3v) is 2.11. The van der Waals surface area contributed by atoms with Crippen molar-refractivity contribution in [2.24, 2.45) is 5.92 Å². The molecule has 0 aromatic rings. The maximum Gasteiger partial charge on any atom is 0.239 e. The Kier molecular flexibility index (Phi) is 4.99. The van der Waals surface area contributed by atoms with E-state index in [9.17, 15) is 4.79 Å². The average Bonchev–Trinajstić information content (AvgIpc) is 2.00. The van der Waals surface area contributed by atoms with Crippen molar-refractivity contribution in [1.29, 1.82) is 0 Å². The van der Waals surface area contributed by atoms with Gasteiger partial charge in [-0.2, -0.15) is 0 Å². The molecule has 0 N–H and O–H groups in total. The summed E-state index contributed by atoms with van der Waals surface area (Å²) in [6, 6.07) is -0.0163. The topological polar surface area (TPSA) is 23.6 Å². The average molecular weight is 186 g/mol. The summed E-state index contributed by atoms with van der Waals surface area (Å²) in [5.74, 6) is 0.769. The molecular weight excluding hydrogens is 164 g/mol. The summed E-state index contributed by atoms with van der Waals surface area (Å²) in [6.45, 7) is 7.22. The summed E-state index contributed by atoms with van der Waals surface area (Å²) >= 11 is 0. The molecule has 0 saturated heterocycles. The van der Waals surface area contributed by atoms with Crippen molar-refractivity contribution < 1.29 is 4.79 Å². The molecule has 0 aliphatic rings. The van der Waals surface area contributed by atoms with E-state index in [2.05, 4.69) is 18.7 Å². The molecule has 3 heteroatoms. The number of amides is 1. The fourth-order valence-electron chi connectivity index (χ4n) is 1.30. The highest BCUT2D eigenvalue weighted by molar-refractivity contribution is 5.80. The number of hydrogen-bond donors (Lipinski definition) is 0. The molecule has 78 valence electrons. The van der Waals surface area contributed by atoms with Crippen LogP contribution in [0.5, 0.6) is 0 Å². The van der Waals surface area contributed by atoms with Crippen LogP contribution in [0, 0.1) is 5.92 Å². The molecule has 0 heterocycles. The van der Waals surface area contributed by atoms with Crippen molar-refractivity contribution in [3.05, 3.63) is 0 Å². The van der Waals surface area contributed by atoms with E-state index >= 15 is 0 Å². The zero-order valence-corrected chi connectivity index (χ0v) is 9.66. The lowest BCUT2D eigenvalue weighted by Gasteiger charge is -2.27. The Hall–Kier alpha value is -0.570. The predicted octanol–water partition coefficient (Wildman–Crippen LogP) is 1.05. The van der Waals surface area contributed by atoms with Crippen LogP contribution in [0.25, 0.3) is 0 Å². The SMILES string of the molecule is CC(C)CN(C)C(C)C(=O)N(C)C. The number of carbonyl (C=O) groups excluding carboxylic acids is 1. The van der Waals surface area contributed by atoms with Crippen LogP contribution in [0.2, 0.25) is 0 Å². The van der Waals surface area contributed by atoms with E-state index in [1.165, 1.54) is 0 Å². The van der Waals surface area contributed by atoms with E-state index in [4.69, 9.17) is 0 Å². The summed E-state index contributed by atoms with van der Waals surface area (Å²) in [6.07, 6.45) is 0. The summed E-state index contributed by atoms with van der Waals surface area (Å²) in [5.41, 5.74) is 0. The molecule has 1 amide bonds. The van der Waals surface area contributed by atoms with Crippen molar-refractivity contribution in [3.8, 4) is 0 Å². The lowest BCUT2D eigenvalue weighted by molar-refractivity contribution is -0.133. The lowest BCUT2D eigenvalue weighted by atomic mass is 10.2. The molecule has 0 aromatic heterocycles. The maximum atomic E-state index is 11.6. The van der Waals surface area contributed by atoms with Gasteiger partial charge in [0.25, 0.3) is 0 Å². The van der Waals surface area contributed by atoms with Gasteiger partial charge in [0.1, 0.15) is 0 Å². The van der Waals surface area contributed by atoms with Crippen LogP contribution >= 0.6 is 0 Å². The first-order valence-corrected chi connectivity index (χ1v) is 4.77. The standard InChI is InChI=1S/C10H22N2O/c1-8(2)7-12(6)9(3)10(13)11(4)5/h8-9H,7H2,1-6H3. The molecule has 0 radical (unpaired) electrons. The van der Waals surface area contributed by atoms with Crippen molar-refractivity contribution in [3.63, 3.8) is 0 Å². The minimum atomic E-state index is -0.0163. The van der Waals surface area contributed by atoms with E-state index < -0.39 is 0 Å². The van der Waals surface area contributed by atoms with Crippen LogP contribution < -0.4 is 0 Å². The Balaban J connectivity index is 4.09. The third-order valence-electron chi connectivity index (χ3n) is 2.11. The summed E-state index contributed by atoms with van der Waals surface area (Å²) in [7, 11) is 5.58. The Morgan fingerprint density at radius 3 is 1.92 bits per heavy atom. The van der Waals surface area contributed by atoms with Gasteiger partial charge in [-0.1, -0.05) is 13.8 Å². The van der Waals surface area contributed by atoms with Gasteiger partial charge >= 0.3 is 0 Å². The number of likely N-dealkylation sites (N-methyl/N-ethyl adjacent to an activating group) is 2. The molecule has 0 fully saturated rings. The Morgan fingerprint density at radius 1 is 1.15 bits per heavy atom. The summed E-state index contributed by atoms with van der Waals surface area (Å²) in [4.78, 5) is 15.3. The quantitative estimate of drug-likeness (QED) is 0.655. The zero-order valence-electron chi connectivity index (χ0n) is 9.66. The van der Waals surface area contributed by atoms with Gasteiger partial charge in [0.15, 0.2) is 0 Å². The van der Waals surface area contributed by atoms with E-state index in [0.29, 0.717) is 5.92 Å². The van der Waals surface area contributed by atoms with Gasteiger partial charge in [0.2, 0.25) is 5.91 Å². The van der Waals surface area contributed by atoms with Crippen molar-refractivity contribution in [2.45, 2.75) is 26.8 Å². The smallest absolute Gasteiger partial charge is 0.239 e. The molecule has 0 aromatic carbocycles. The first kappa shape index (κ1) is 12.4. The molecule has 0 bridgehead atoms. The fraction of sp³-hybridized carbons (Fsp3) is 0.900. The number of nitrogens with zero attached hydrogens (tertiary/aromatic N) is 2. The van der Waals surface area contributed by atoms with Gasteiger partial charge in [-0.3, -0.25) is 9.69 Å². The minimum absolute atomic E-state index is 0.0163. The van der Waals surface area contributed by atoms with Crippen LogP contribution in [0.3, 0.4) is 0 Å². The highest BCUT2D eigenvalue weighted by Gasteiger charge is 2.19. The van der Waals surface area contributed by atoms with Gasteiger partial charge in [-0.15, -0.1) is 0 Å². The lowest BCUT2D eigenvalue weighted by Crippen LogP contribution is -2.43. The first-order chi connectivity index (χ1) is 5.86. The molecule has 0 rings (SSSR count). The highest BCUT2D eigenvalue weighted by atomic mass is 16.2. The fourth-order valence-corrected chi connectivity index (χ4v) is 1.30. The molecule has 1 atom stereocenters. The van der Waals surface area contributed by atoms with Crippen molar-refractivity contribution in [2.75, 3.05) is 27.7 Å². The van der Waals surface area contributed by atoms with Gasteiger partial charge in [-0.25, -0.2) is 0 Å². The zero-order chi connectivity index (χ0) is 10.6. The molecule has 0 aliphatic carbocycles. The first-order valence-electron chi connectivity index (χ1n) is 4.77. The predicted molar refractivity (Wildman–Crippen MR) is 55.6 cm³/mol. The van der Waals surface area contributed by atoms with E-state index in [1.54, 1.807) is 19.0 Å². The molecular formula is C10H22N2O. The normalized spacial score (nSPS) is 13.5. The van der Waals surface area contributed by atoms with Crippen LogP contribution in [0.15, 0.2) is 0 Å². The second kappa shape index (κ2) is 5.22. The van der Waals surface area contributed by atoms with Gasteiger partial charge in [-0.05, 0) is 19.9 Å². The number of hydrogen-bond acceptors (Lipinski definition) is 2. The number of rotatable bonds is 4. The van der Waals surface area contributed by atoms with Gasteiger partial charge in [0, 0.05) is 20.6 Å². The highest BCUT2D eigenvalue weighted by Crippen LogP contribution is 2.03. The Labute approximate surface area is 81.7 Å². The second-order valence-corrected chi connectivity index (χ2v) is 4.24. The van der Waals surface area contributed by atoms with E-state index in [-0.39, 0.29) is 11.9 Å².